The molecule has 3 rings (SSSR count). The van der Waals surface area contributed by atoms with Crippen LogP contribution in [0.1, 0.15) is 22.3 Å². The van der Waals surface area contributed by atoms with E-state index in [1.165, 1.54) is 6.07 Å². The highest BCUT2D eigenvalue weighted by molar-refractivity contribution is 6.36. The molecule has 0 radical (unpaired) electrons. The van der Waals surface area contributed by atoms with Crippen molar-refractivity contribution in [1.29, 1.82) is 0 Å². The number of carbonyl (C=O) groups is 1. The summed E-state index contributed by atoms with van der Waals surface area (Å²) in [6.07, 6.45) is 1.54. The Bertz CT molecular complexity index is 838. The lowest BCUT2D eigenvalue weighted by atomic mass is 9.99. The van der Waals surface area contributed by atoms with Gasteiger partial charge in [-0.15, -0.1) is 0 Å². The van der Waals surface area contributed by atoms with E-state index in [9.17, 15) is 9.90 Å². The van der Waals surface area contributed by atoms with Crippen molar-refractivity contribution < 1.29 is 14.6 Å². The van der Waals surface area contributed by atoms with Crippen LogP contribution >= 0.6 is 23.2 Å². The number of carbonyl (C=O) groups excluding carboxylic acids is 1. The molecule has 0 bridgehead atoms. The van der Waals surface area contributed by atoms with Crippen LogP contribution in [0.15, 0.2) is 24.3 Å². The standard InChI is InChI=1S/C17H12Cl2O3/c1-8-3-9(2)16-12(4-8)13(17(21)22-16)6-10-5-11(18)7-14(19)15(10)20/h3-7,20H,1-2H3/b13-6-. The van der Waals surface area contributed by atoms with E-state index >= 15 is 0 Å². The van der Waals surface area contributed by atoms with E-state index in [2.05, 4.69) is 0 Å². The molecule has 0 fully saturated rings. The van der Waals surface area contributed by atoms with Gasteiger partial charge in [0.25, 0.3) is 0 Å². The molecule has 0 unspecified atom stereocenters. The van der Waals surface area contributed by atoms with E-state index < -0.39 is 5.97 Å². The van der Waals surface area contributed by atoms with Crippen molar-refractivity contribution in [3.8, 4) is 11.5 Å². The second-order valence-electron chi connectivity index (χ2n) is 5.23. The maximum Gasteiger partial charge on any atom is 0.344 e. The Balaban J connectivity index is 2.21. The summed E-state index contributed by atoms with van der Waals surface area (Å²) < 4.78 is 5.32. The molecule has 1 aliphatic heterocycles. The minimum absolute atomic E-state index is 0.121. The van der Waals surface area contributed by atoms with Crippen molar-refractivity contribution in [3.63, 3.8) is 0 Å². The molecule has 0 spiro atoms. The molecule has 0 aromatic heterocycles. The minimum Gasteiger partial charge on any atom is -0.506 e. The van der Waals surface area contributed by atoms with E-state index in [1.807, 2.05) is 26.0 Å². The van der Waals surface area contributed by atoms with E-state index in [0.717, 1.165) is 11.1 Å². The summed E-state index contributed by atoms with van der Waals surface area (Å²) >= 11 is 11.9. The third-order valence-electron chi connectivity index (χ3n) is 3.48. The van der Waals surface area contributed by atoms with Crippen LogP contribution in [0, 0.1) is 13.8 Å². The molecule has 2 aromatic carbocycles. The third kappa shape index (κ3) is 2.47. The molecule has 1 N–H and O–H groups in total. The number of hydrogen-bond acceptors (Lipinski definition) is 3. The number of aromatic hydroxyl groups is 1. The van der Waals surface area contributed by atoms with Gasteiger partial charge in [0.1, 0.15) is 11.5 Å². The SMILES string of the molecule is Cc1cc(C)c2c(c1)/C(=C/c1cc(Cl)cc(Cl)c1O)C(=O)O2. The van der Waals surface area contributed by atoms with Gasteiger partial charge >= 0.3 is 5.97 Å². The molecule has 3 nitrogen and oxygen atoms in total. The number of hydrogen-bond donors (Lipinski definition) is 1. The molecule has 0 amide bonds. The average molecular weight is 335 g/mol. The number of aryl methyl sites for hydroxylation is 2. The van der Waals surface area contributed by atoms with Crippen molar-refractivity contribution in [3.05, 3.63) is 56.6 Å². The summed E-state index contributed by atoms with van der Waals surface area (Å²) in [7, 11) is 0. The van der Waals surface area contributed by atoms with E-state index in [0.29, 0.717) is 27.5 Å². The van der Waals surface area contributed by atoms with Crippen LogP contribution in [0.5, 0.6) is 11.5 Å². The van der Waals surface area contributed by atoms with Crippen LogP contribution in [-0.4, -0.2) is 11.1 Å². The molecule has 0 saturated carbocycles. The predicted octanol–water partition coefficient (Wildman–Crippen LogP) is 4.78. The number of phenols is 1. The van der Waals surface area contributed by atoms with Crippen molar-refractivity contribution in [2.75, 3.05) is 0 Å². The Hall–Kier alpha value is -1.97. The molecule has 0 saturated heterocycles. The smallest absolute Gasteiger partial charge is 0.344 e. The van der Waals surface area contributed by atoms with Gasteiger partial charge in [-0.1, -0.05) is 29.3 Å². The predicted molar refractivity (Wildman–Crippen MR) is 87.5 cm³/mol. The van der Waals surface area contributed by atoms with Crippen LogP contribution in [0.2, 0.25) is 10.0 Å². The zero-order valence-corrected chi connectivity index (χ0v) is 13.4. The number of fused-ring (bicyclic) bond motifs is 1. The van der Waals surface area contributed by atoms with Crippen molar-refractivity contribution in [2.24, 2.45) is 0 Å². The Labute approximate surface area is 137 Å². The molecular formula is C17H12Cl2O3. The number of esters is 1. The monoisotopic (exact) mass is 334 g/mol. The van der Waals surface area contributed by atoms with Gasteiger partial charge in [-0.3, -0.25) is 0 Å². The van der Waals surface area contributed by atoms with E-state index in [4.69, 9.17) is 27.9 Å². The van der Waals surface area contributed by atoms with Crippen LogP contribution in [0.25, 0.3) is 11.6 Å². The van der Waals surface area contributed by atoms with Gasteiger partial charge in [0.15, 0.2) is 0 Å². The topological polar surface area (TPSA) is 46.5 Å². The van der Waals surface area contributed by atoms with Gasteiger partial charge in [-0.05, 0) is 49.2 Å². The fourth-order valence-corrected chi connectivity index (χ4v) is 3.04. The summed E-state index contributed by atoms with van der Waals surface area (Å²) in [4.78, 5) is 12.1. The van der Waals surface area contributed by atoms with Gasteiger partial charge in [0, 0.05) is 16.1 Å². The third-order valence-corrected chi connectivity index (χ3v) is 3.99. The Kier molecular flexibility index (Phi) is 3.63. The van der Waals surface area contributed by atoms with Crippen LogP contribution in [0.3, 0.4) is 0 Å². The fraction of sp³-hybridized carbons (Fsp3) is 0.118. The fourth-order valence-electron chi connectivity index (χ4n) is 2.54. The molecule has 0 aliphatic carbocycles. The lowest BCUT2D eigenvalue weighted by molar-refractivity contribution is -0.126. The van der Waals surface area contributed by atoms with Crippen molar-refractivity contribution >= 4 is 40.8 Å². The molecule has 22 heavy (non-hydrogen) atoms. The Morgan fingerprint density at radius 3 is 2.59 bits per heavy atom. The number of phenolic OH excluding ortho intramolecular Hbond substituents is 1. The first-order chi connectivity index (χ1) is 10.4. The summed E-state index contributed by atoms with van der Waals surface area (Å²) in [5, 5.41) is 10.5. The maximum absolute atomic E-state index is 12.1. The summed E-state index contributed by atoms with van der Waals surface area (Å²) in [5.41, 5.74) is 3.36. The summed E-state index contributed by atoms with van der Waals surface area (Å²) in [6, 6.07) is 6.81. The molecule has 0 atom stereocenters. The molecule has 5 heteroatoms. The lowest BCUT2D eigenvalue weighted by Gasteiger charge is -2.05. The molecule has 112 valence electrons. The summed E-state index contributed by atoms with van der Waals surface area (Å²) in [6.45, 7) is 3.83. The van der Waals surface area contributed by atoms with Gasteiger partial charge in [0.2, 0.25) is 0 Å². The van der Waals surface area contributed by atoms with Gasteiger partial charge in [-0.2, -0.15) is 0 Å². The van der Waals surface area contributed by atoms with Crippen molar-refractivity contribution in [2.45, 2.75) is 13.8 Å². The molecular weight excluding hydrogens is 323 g/mol. The van der Waals surface area contributed by atoms with Gasteiger partial charge in [-0.25, -0.2) is 4.79 Å². The quantitative estimate of drug-likeness (QED) is 0.464. The zero-order chi connectivity index (χ0) is 16.0. The first-order valence-corrected chi connectivity index (χ1v) is 7.36. The second kappa shape index (κ2) is 5.34. The summed E-state index contributed by atoms with van der Waals surface area (Å²) in [5.74, 6) is -0.0298. The number of benzene rings is 2. The highest BCUT2D eigenvalue weighted by atomic mass is 35.5. The Morgan fingerprint density at radius 2 is 1.86 bits per heavy atom. The zero-order valence-electron chi connectivity index (χ0n) is 11.9. The highest BCUT2D eigenvalue weighted by Crippen LogP contribution is 2.40. The first-order valence-electron chi connectivity index (χ1n) is 6.60. The highest BCUT2D eigenvalue weighted by Gasteiger charge is 2.29. The molecule has 1 heterocycles. The van der Waals surface area contributed by atoms with E-state index in [1.54, 1.807) is 12.1 Å². The maximum atomic E-state index is 12.1. The number of halogens is 2. The lowest BCUT2D eigenvalue weighted by Crippen LogP contribution is -2.00. The molecule has 1 aliphatic rings. The largest absolute Gasteiger partial charge is 0.506 e. The molecule has 2 aromatic rings. The second-order valence-corrected chi connectivity index (χ2v) is 6.08. The van der Waals surface area contributed by atoms with Crippen LogP contribution in [-0.2, 0) is 4.79 Å². The van der Waals surface area contributed by atoms with Crippen LogP contribution in [0.4, 0.5) is 0 Å². The average Bonchev–Trinajstić information content (AvgIpc) is 2.73. The van der Waals surface area contributed by atoms with Gasteiger partial charge < -0.3 is 9.84 Å². The van der Waals surface area contributed by atoms with Crippen molar-refractivity contribution in [1.82, 2.24) is 0 Å². The Morgan fingerprint density at radius 1 is 1.14 bits per heavy atom. The number of rotatable bonds is 1. The normalized spacial score (nSPS) is 15.1. The first kappa shape index (κ1) is 14.9. The van der Waals surface area contributed by atoms with Gasteiger partial charge in [0.05, 0.1) is 10.6 Å². The minimum atomic E-state index is -0.459. The van der Waals surface area contributed by atoms with Crippen LogP contribution < -0.4 is 4.74 Å². The number of ether oxygens (including phenoxy) is 1. The van der Waals surface area contributed by atoms with E-state index in [-0.39, 0.29) is 10.8 Å².